The van der Waals surface area contributed by atoms with Crippen LogP contribution < -0.4 is 0 Å². The Morgan fingerprint density at radius 3 is 2.72 bits per heavy atom. The second kappa shape index (κ2) is 4.36. The molecule has 0 fully saturated rings. The van der Waals surface area contributed by atoms with Gasteiger partial charge in [0.2, 0.25) is 0 Å². The second-order valence-electron chi connectivity index (χ2n) is 3.71. The predicted octanol–water partition coefficient (Wildman–Crippen LogP) is 3.37. The van der Waals surface area contributed by atoms with Gasteiger partial charge in [-0.3, -0.25) is 4.40 Å². The molecule has 0 saturated carbocycles. The third-order valence-electron chi connectivity index (χ3n) is 2.57. The van der Waals surface area contributed by atoms with Crippen molar-refractivity contribution in [3.05, 3.63) is 45.1 Å². The van der Waals surface area contributed by atoms with Gasteiger partial charge in [0, 0.05) is 15.1 Å². The molecular formula is C12H7IN2O2S. The Bertz CT molecular complexity index is 730. The molecule has 0 bridgehead atoms. The molecule has 0 saturated heterocycles. The summed E-state index contributed by atoms with van der Waals surface area (Å²) < 4.78 is 2.98. The van der Waals surface area contributed by atoms with Crippen LogP contribution in [-0.2, 0) is 0 Å². The number of fused-ring (bicyclic) bond motifs is 1. The third kappa shape index (κ3) is 1.91. The number of nitrogens with zero attached hydrogens (tertiary/aromatic N) is 2. The van der Waals surface area contributed by atoms with E-state index in [2.05, 4.69) is 27.6 Å². The van der Waals surface area contributed by atoms with Crippen LogP contribution in [0, 0.1) is 3.57 Å². The number of halogens is 1. The van der Waals surface area contributed by atoms with E-state index in [9.17, 15) is 4.79 Å². The summed E-state index contributed by atoms with van der Waals surface area (Å²) in [5, 5.41) is 10.9. The standard InChI is InChI=1S/C12H7IN2O2S/c13-8-3-1-7(2-4-8)10-6-18-12-14-9(11(16)17)5-15(10)12/h1-6H,(H,16,17). The number of hydrogen-bond acceptors (Lipinski definition) is 3. The van der Waals surface area contributed by atoms with Gasteiger partial charge in [-0.05, 0) is 40.3 Å². The highest BCUT2D eigenvalue weighted by Gasteiger charge is 2.13. The lowest BCUT2D eigenvalue weighted by molar-refractivity contribution is 0.0691. The number of carbonyl (C=O) groups is 1. The number of carboxylic acids is 1. The maximum Gasteiger partial charge on any atom is 0.356 e. The molecule has 0 radical (unpaired) electrons. The van der Waals surface area contributed by atoms with E-state index in [0.29, 0.717) is 4.96 Å². The summed E-state index contributed by atoms with van der Waals surface area (Å²) in [6.07, 6.45) is 1.56. The Labute approximate surface area is 120 Å². The maximum atomic E-state index is 10.9. The molecule has 0 aliphatic rings. The monoisotopic (exact) mass is 370 g/mol. The summed E-state index contributed by atoms with van der Waals surface area (Å²) in [4.78, 5) is 15.6. The zero-order valence-electron chi connectivity index (χ0n) is 9.00. The van der Waals surface area contributed by atoms with E-state index < -0.39 is 5.97 Å². The fourth-order valence-electron chi connectivity index (χ4n) is 1.72. The van der Waals surface area contributed by atoms with E-state index >= 15 is 0 Å². The number of rotatable bonds is 2. The number of aromatic carboxylic acids is 1. The first-order chi connectivity index (χ1) is 8.65. The van der Waals surface area contributed by atoms with Gasteiger partial charge in [-0.2, -0.15) is 0 Å². The molecule has 2 heterocycles. The zero-order chi connectivity index (χ0) is 12.7. The Morgan fingerprint density at radius 1 is 1.33 bits per heavy atom. The summed E-state index contributed by atoms with van der Waals surface area (Å²) in [5.74, 6) is -1.00. The van der Waals surface area contributed by atoms with Crippen molar-refractivity contribution in [3.8, 4) is 11.3 Å². The number of benzene rings is 1. The van der Waals surface area contributed by atoms with E-state index in [1.807, 2.05) is 34.0 Å². The summed E-state index contributed by atoms with van der Waals surface area (Å²) in [7, 11) is 0. The molecule has 0 aliphatic heterocycles. The molecule has 2 aromatic heterocycles. The minimum Gasteiger partial charge on any atom is -0.476 e. The molecule has 0 aliphatic carbocycles. The minimum absolute atomic E-state index is 0.0774. The van der Waals surface area contributed by atoms with Crippen LogP contribution in [0.3, 0.4) is 0 Å². The molecule has 3 rings (SSSR count). The lowest BCUT2D eigenvalue weighted by Gasteiger charge is -1.99. The van der Waals surface area contributed by atoms with Crippen LogP contribution in [0.2, 0.25) is 0 Å². The topological polar surface area (TPSA) is 54.6 Å². The average molecular weight is 370 g/mol. The molecule has 1 N–H and O–H groups in total. The number of imidazole rings is 1. The lowest BCUT2D eigenvalue weighted by atomic mass is 10.2. The number of aromatic nitrogens is 2. The second-order valence-corrected chi connectivity index (χ2v) is 5.79. The van der Waals surface area contributed by atoms with Crippen molar-refractivity contribution < 1.29 is 9.90 Å². The van der Waals surface area contributed by atoms with Gasteiger partial charge in [-0.1, -0.05) is 12.1 Å². The van der Waals surface area contributed by atoms with Crippen LogP contribution in [0.25, 0.3) is 16.2 Å². The highest BCUT2D eigenvalue weighted by Crippen LogP contribution is 2.26. The van der Waals surface area contributed by atoms with Crippen LogP contribution in [0.4, 0.5) is 0 Å². The van der Waals surface area contributed by atoms with Gasteiger partial charge in [-0.15, -0.1) is 11.3 Å². The van der Waals surface area contributed by atoms with Crippen molar-refractivity contribution in [1.82, 2.24) is 9.38 Å². The SMILES string of the molecule is O=C(O)c1cn2c(-c3ccc(I)cc3)csc2n1. The number of carboxylic acid groups (broad SMARTS) is 1. The van der Waals surface area contributed by atoms with Crippen molar-refractivity contribution >= 4 is 44.9 Å². The average Bonchev–Trinajstić information content (AvgIpc) is 2.89. The molecule has 1 aromatic carbocycles. The number of thiazole rings is 1. The fourth-order valence-corrected chi connectivity index (χ4v) is 2.96. The van der Waals surface area contributed by atoms with E-state index in [0.717, 1.165) is 11.3 Å². The van der Waals surface area contributed by atoms with E-state index in [1.165, 1.54) is 14.9 Å². The maximum absolute atomic E-state index is 10.9. The van der Waals surface area contributed by atoms with Gasteiger partial charge in [0.25, 0.3) is 0 Å². The van der Waals surface area contributed by atoms with Crippen LogP contribution >= 0.6 is 33.9 Å². The van der Waals surface area contributed by atoms with Crippen LogP contribution in [0.5, 0.6) is 0 Å². The van der Waals surface area contributed by atoms with Gasteiger partial charge in [0.1, 0.15) is 0 Å². The molecule has 0 atom stereocenters. The summed E-state index contributed by atoms with van der Waals surface area (Å²) >= 11 is 3.69. The lowest BCUT2D eigenvalue weighted by Crippen LogP contribution is -1.95. The Balaban J connectivity index is 2.17. The normalized spacial score (nSPS) is 10.9. The third-order valence-corrected chi connectivity index (χ3v) is 4.13. The first-order valence-electron chi connectivity index (χ1n) is 5.11. The van der Waals surface area contributed by atoms with E-state index in [1.54, 1.807) is 6.20 Å². The van der Waals surface area contributed by atoms with Gasteiger partial charge in [-0.25, -0.2) is 9.78 Å². The van der Waals surface area contributed by atoms with Crippen LogP contribution in [0.15, 0.2) is 35.8 Å². The molecule has 4 nitrogen and oxygen atoms in total. The molecule has 0 unspecified atom stereocenters. The van der Waals surface area contributed by atoms with E-state index in [-0.39, 0.29) is 5.69 Å². The highest BCUT2D eigenvalue weighted by molar-refractivity contribution is 14.1. The quantitative estimate of drug-likeness (QED) is 0.704. The van der Waals surface area contributed by atoms with Crippen LogP contribution in [0.1, 0.15) is 10.5 Å². The molecule has 3 aromatic rings. The summed E-state index contributed by atoms with van der Waals surface area (Å²) in [5.41, 5.74) is 2.09. The van der Waals surface area contributed by atoms with Crippen molar-refractivity contribution in [2.45, 2.75) is 0 Å². The van der Waals surface area contributed by atoms with Crippen molar-refractivity contribution in [3.63, 3.8) is 0 Å². The van der Waals surface area contributed by atoms with Crippen molar-refractivity contribution in [2.75, 3.05) is 0 Å². The fraction of sp³-hybridized carbons (Fsp3) is 0. The van der Waals surface area contributed by atoms with Gasteiger partial charge in [0.15, 0.2) is 10.7 Å². The van der Waals surface area contributed by atoms with Crippen molar-refractivity contribution in [2.24, 2.45) is 0 Å². The van der Waals surface area contributed by atoms with E-state index in [4.69, 9.17) is 5.11 Å². The van der Waals surface area contributed by atoms with Crippen molar-refractivity contribution in [1.29, 1.82) is 0 Å². The summed E-state index contributed by atoms with van der Waals surface area (Å²) in [6.45, 7) is 0. The molecule has 0 amide bonds. The molecule has 0 spiro atoms. The Hall–Kier alpha value is -1.41. The zero-order valence-corrected chi connectivity index (χ0v) is 12.0. The molecule has 18 heavy (non-hydrogen) atoms. The molecule has 6 heteroatoms. The summed E-state index contributed by atoms with van der Waals surface area (Å²) in [6, 6.07) is 8.08. The van der Waals surface area contributed by atoms with Gasteiger partial charge >= 0.3 is 5.97 Å². The van der Waals surface area contributed by atoms with Crippen LogP contribution in [-0.4, -0.2) is 20.5 Å². The van der Waals surface area contributed by atoms with Gasteiger partial charge in [0.05, 0.1) is 5.69 Å². The first-order valence-corrected chi connectivity index (χ1v) is 7.07. The highest BCUT2D eigenvalue weighted by atomic mass is 127. The number of hydrogen-bond donors (Lipinski definition) is 1. The first kappa shape index (κ1) is 11.7. The molecule has 90 valence electrons. The predicted molar refractivity (Wildman–Crippen MR) is 78.2 cm³/mol. The Kier molecular flexibility index (Phi) is 2.83. The smallest absolute Gasteiger partial charge is 0.356 e. The molecular weight excluding hydrogens is 363 g/mol. The minimum atomic E-state index is -1.00. The van der Waals surface area contributed by atoms with Gasteiger partial charge < -0.3 is 5.11 Å². The largest absolute Gasteiger partial charge is 0.476 e. The Morgan fingerprint density at radius 2 is 2.06 bits per heavy atom.